The SMILES string of the molecule is CCNc1cc([N+](=O)[O-])cc(N2CCC(C)C2CO)n1. The summed E-state index contributed by atoms with van der Waals surface area (Å²) in [5.74, 6) is 1.40. The third kappa shape index (κ3) is 2.82. The fourth-order valence-electron chi connectivity index (χ4n) is 2.60. The molecule has 0 radical (unpaired) electrons. The van der Waals surface area contributed by atoms with Crippen LogP contribution in [-0.4, -0.2) is 40.8 Å². The summed E-state index contributed by atoms with van der Waals surface area (Å²) < 4.78 is 0. The van der Waals surface area contributed by atoms with Gasteiger partial charge < -0.3 is 15.3 Å². The van der Waals surface area contributed by atoms with Crippen LogP contribution in [0.2, 0.25) is 0 Å². The molecule has 2 rings (SSSR count). The zero-order valence-corrected chi connectivity index (χ0v) is 11.7. The summed E-state index contributed by atoms with van der Waals surface area (Å²) in [6.07, 6.45) is 0.951. The molecule has 0 amide bonds. The lowest BCUT2D eigenvalue weighted by Gasteiger charge is -2.26. The Hall–Kier alpha value is -1.89. The minimum atomic E-state index is -0.417. The summed E-state index contributed by atoms with van der Waals surface area (Å²) in [6.45, 7) is 5.42. The summed E-state index contributed by atoms with van der Waals surface area (Å²) in [7, 11) is 0. The van der Waals surface area contributed by atoms with Crippen molar-refractivity contribution in [3.63, 3.8) is 0 Å². The van der Waals surface area contributed by atoms with Crippen LogP contribution in [0.15, 0.2) is 12.1 Å². The van der Waals surface area contributed by atoms with Gasteiger partial charge in [0, 0.05) is 13.1 Å². The lowest BCUT2D eigenvalue weighted by Crippen LogP contribution is -2.35. The molecule has 0 bridgehead atoms. The number of nitro groups is 1. The lowest BCUT2D eigenvalue weighted by molar-refractivity contribution is -0.384. The molecule has 110 valence electrons. The molecule has 7 nitrogen and oxygen atoms in total. The summed E-state index contributed by atoms with van der Waals surface area (Å²) in [4.78, 5) is 17.0. The fourth-order valence-corrected chi connectivity index (χ4v) is 2.60. The molecule has 0 saturated carbocycles. The maximum atomic E-state index is 11.0. The van der Waals surface area contributed by atoms with Gasteiger partial charge in [-0.05, 0) is 19.3 Å². The summed E-state index contributed by atoms with van der Waals surface area (Å²) >= 11 is 0. The van der Waals surface area contributed by atoms with E-state index in [-0.39, 0.29) is 18.3 Å². The Morgan fingerprint density at radius 3 is 2.95 bits per heavy atom. The van der Waals surface area contributed by atoms with Gasteiger partial charge in [0.2, 0.25) is 0 Å². The number of nitrogens with zero attached hydrogens (tertiary/aromatic N) is 3. The van der Waals surface area contributed by atoms with E-state index in [1.165, 1.54) is 12.1 Å². The van der Waals surface area contributed by atoms with E-state index < -0.39 is 4.92 Å². The molecule has 1 aromatic rings. The number of rotatable bonds is 5. The number of pyridine rings is 1. The van der Waals surface area contributed by atoms with Gasteiger partial charge in [-0.3, -0.25) is 10.1 Å². The zero-order chi connectivity index (χ0) is 14.7. The van der Waals surface area contributed by atoms with Gasteiger partial charge in [0.15, 0.2) is 0 Å². The summed E-state index contributed by atoms with van der Waals surface area (Å²) in [5.41, 5.74) is 0.0159. The average molecular weight is 280 g/mol. The smallest absolute Gasteiger partial charge is 0.276 e. The molecule has 1 aromatic heterocycles. The lowest BCUT2D eigenvalue weighted by atomic mass is 10.0. The Bertz CT molecular complexity index is 495. The molecule has 1 saturated heterocycles. The monoisotopic (exact) mass is 280 g/mol. The molecule has 0 aromatic carbocycles. The predicted molar refractivity (Wildman–Crippen MR) is 77.1 cm³/mol. The van der Waals surface area contributed by atoms with Crippen LogP contribution in [0, 0.1) is 16.0 Å². The molecule has 1 aliphatic rings. The van der Waals surface area contributed by atoms with Crippen LogP contribution in [0.1, 0.15) is 20.3 Å². The number of aromatic nitrogens is 1. The van der Waals surface area contributed by atoms with E-state index in [0.717, 1.165) is 13.0 Å². The number of nitrogens with one attached hydrogen (secondary N) is 1. The molecule has 2 heterocycles. The number of hydrogen-bond acceptors (Lipinski definition) is 6. The van der Waals surface area contributed by atoms with E-state index in [4.69, 9.17) is 0 Å². The Morgan fingerprint density at radius 2 is 2.35 bits per heavy atom. The van der Waals surface area contributed by atoms with Gasteiger partial charge in [-0.1, -0.05) is 6.92 Å². The molecule has 2 unspecified atom stereocenters. The average Bonchev–Trinajstić information content (AvgIpc) is 2.79. The van der Waals surface area contributed by atoms with Crippen LogP contribution in [0.3, 0.4) is 0 Å². The van der Waals surface area contributed by atoms with Crippen molar-refractivity contribution in [3.8, 4) is 0 Å². The van der Waals surface area contributed by atoms with Gasteiger partial charge in [-0.25, -0.2) is 4.98 Å². The molecule has 1 fully saturated rings. The first-order chi connectivity index (χ1) is 9.56. The van der Waals surface area contributed by atoms with Crippen LogP contribution in [-0.2, 0) is 0 Å². The van der Waals surface area contributed by atoms with Crippen molar-refractivity contribution in [2.45, 2.75) is 26.3 Å². The van der Waals surface area contributed by atoms with Gasteiger partial charge in [-0.15, -0.1) is 0 Å². The minimum absolute atomic E-state index is 0.0159. The topological polar surface area (TPSA) is 91.5 Å². The first-order valence-electron chi connectivity index (χ1n) is 6.84. The van der Waals surface area contributed by atoms with Crippen molar-refractivity contribution >= 4 is 17.3 Å². The highest BCUT2D eigenvalue weighted by Gasteiger charge is 2.32. The van der Waals surface area contributed by atoms with Gasteiger partial charge >= 0.3 is 0 Å². The van der Waals surface area contributed by atoms with Crippen LogP contribution in [0.25, 0.3) is 0 Å². The van der Waals surface area contributed by atoms with Crippen molar-refractivity contribution in [1.29, 1.82) is 0 Å². The van der Waals surface area contributed by atoms with Gasteiger partial charge in [0.1, 0.15) is 11.6 Å². The second-order valence-corrected chi connectivity index (χ2v) is 5.07. The maximum Gasteiger partial charge on any atom is 0.276 e. The van der Waals surface area contributed by atoms with Gasteiger partial charge in [0.25, 0.3) is 5.69 Å². The Balaban J connectivity index is 2.37. The second-order valence-electron chi connectivity index (χ2n) is 5.07. The molecule has 0 aliphatic carbocycles. The zero-order valence-electron chi connectivity index (χ0n) is 11.7. The molecular weight excluding hydrogens is 260 g/mol. The fraction of sp³-hybridized carbons (Fsp3) is 0.615. The molecule has 1 aliphatic heterocycles. The molecular formula is C13H20N4O3. The van der Waals surface area contributed by atoms with Crippen molar-refractivity contribution in [1.82, 2.24) is 4.98 Å². The van der Waals surface area contributed by atoms with Crippen LogP contribution < -0.4 is 10.2 Å². The van der Waals surface area contributed by atoms with Crippen molar-refractivity contribution in [2.24, 2.45) is 5.92 Å². The Labute approximate surface area is 117 Å². The molecule has 0 spiro atoms. The quantitative estimate of drug-likeness (QED) is 0.629. The van der Waals surface area contributed by atoms with E-state index >= 15 is 0 Å². The van der Waals surface area contributed by atoms with Crippen molar-refractivity contribution < 1.29 is 10.0 Å². The van der Waals surface area contributed by atoms with E-state index in [0.29, 0.717) is 24.1 Å². The van der Waals surface area contributed by atoms with E-state index in [1.807, 2.05) is 11.8 Å². The number of aliphatic hydroxyl groups excluding tert-OH is 1. The second kappa shape index (κ2) is 6.04. The van der Waals surface area contributed by atoms with Crippen LogP contribution in [0.5, 0.6) is 0 Å². The standard InChI is InChI=1S/C13H20N4O3/c1-3-14-12-6-10(17(19)20)7-13(15-12)16-5-4-9(2)11(16)8-18/h6-7,9,11,18H,3-5,8H2,1-2H3,(H,14,15). The predicted octanol–water partition coefficient (Wildman–Crippen LogP) is 1.63. The Kier molecular flexibility index (Phi) is 4.39. The third-order valence-corrected chi connectivity index (χ3v) is 3.73. The van der Waals surface area contributed by atoms with Gasteiger partial charge in [-0.2, -0.15) is 0 Å². The van der Waals surface area contributed by atoms with Gasteiger partial charge in [0.05, 0.1) is 29.7 Å². The normalized spacial score (nSPS) is 22.1. The summed E-state index contributed by atoms with van der Waals surface area (Å²) in [5, 5.41) is 23.5. The Morgan fingerprint density at radius 1 is 1.60 bits per heavy atom. The highest BCUT2D eigenvalue weighted by molar-refractivity contribution is 5.56. The first-order valence-corrected chi connectivity index (χ1v) is 6.84. The molecule has 2 atom stereocenters. The van der Waals surface area contributed by atoms with E-state index in [9.17, 15) is 15.2 Å². The van der Waals surface area contributed by atoms with Crippen molar-refractivity contribution in [3.05, 3.63) is 22.2 Å². The maximum absolute atomic E-state index is 11.0. The minimum Gasteiger partial charge on any atom is -0.394 e. The molecule has 7 heteroatoms. The van der Waals surface area contributed by atoms with Crippen LogP contribution in [0.4, 0.5) is 17.3 Å². The van der Waals surface area contributed by atoms with Crippen molar-refractivity contribution in [2.75, 3.05) is 29.9 Å². The van der Waals surface area contributed by atoms with E-state index in [1.54, 1.807) is 0 Å². The van der Waals surface area contributed by atoms with Crippen LogP contribution >= 0.6 is 0 Å². The number of aliphatic hydroxyl groups is 1. The summed E-state index contributed by atoms with van der Waals surface area (Å²) in [6, 6.07) is 2.88. The van der Waals surface area contributed by atoms with E-state index in [2.05, 4.69) is 17.2 Å². The number of hydrogen-bond donors (Lipinski definition) is 2. The molecule has 2 N–H and O–H groups in total. The molecule has 20 heavy (non-hydrogen) atoms. The number of anilines is 2. The highest BCUT2D eigenvalue weighted by Crippen LogP contribution is 2.31. The highest BCUT2D eigenvalue weighted by atomic mass is 16.6. The largest absolute Gasteiger partial charge is 0.394 e. The third-order valence-electron chi connectivity index (χ3n) is 3.73. The first kappa shape index (κ1) is 14.5.